The minimum atomic E-state index is -4.49. The Morgan fingerprint density at radius 1 is 1.33 bits per heavy atom. The van der Waals surface area contributed by atoms with Crippen LogP contribution in [0.2, 0.25) is 0 Å². The van der Waals surface area contributed by atoms with E-state index in [0.717, 1.165) is 14.2 Å². The number of hydrogen-bond donors (Lipinski definition) is 1. The topological polar surface area (TPSA) is 101 Å². The van der Waals surface area contributed by atoms with E-state index < -0.39 is 16.1 Å². The molecule has 72 valence electrons. The first kappa shape index (κ1) is 12.1. The minimum absolute atomic E-state index is 0.983. The van der Waals surface area contributed by atoms with E-state index in [0.29, 0.717) is 0 Å². The molecule has 10 heteroatoms. The average Bonchev–Trinajstić information content (AvgIpc) is 1.85. The zero-order chi connectivity index (χ0) is 9.61. The molecule has 0 rings (SSSR count). The Morgan fingerprint density at radius 2 is 1.92 bits per heavy atom. The van der Waals surface area contributed by atoms with Crippen LogP contribution in [-0.4, -0.2) is 19.1 Å². The second kappa shape index (κ2) is 5.69. The Hall–Kier alpha value is 0.0900. The van der Waals surface area contributed by atoms with Gasteiger partial charge in [0.15, 0.2) is 0 Å². The van der Waals surface area contributed by atoms with Crippen LogP contribution in [0.5, 0.6) is 0 Å². The van der Waals surface area contributed by atoms with Crippen molar-refractivity contribution in [2.24, 2.45) is 0 Å². The van der Waals surface area contributed by atoms with Gasteiger partial charge in [-0.15, -0.1) is 4.67 Å². The third-order valence-corrected chi connectivity index (χ3v) is 2.44. The van der Waals surface area contributed by atoms with Gasteiger partial charge in [0.25, 0.3) is 0 Å². The van der Waals surface area contributed by atoms with E-state index in [9.17, 15) is 9.13 Å². The fourth-order valence-corrected chi connectivity index (χ4v) is 1.47. The second-order valence-electron chi connectivity index (χ2n) is 1.26. The summed E-state index contributed by atoms with van der Waals surface area (Å²) in [5.74, 6) is 0. The van der Waals surface area contributed by atoms with Gasteiger partial charge in [-0.25, -0.2) is 9.45 Å². The molecule has 0 fully saturated rings. The predicted octanol–water partition coefficient (Wildman–Crippen LogP) is 0.917. The first-order chi connectivity index (χ1) is 5.52. The fraction of sp³-hybridized carbons (Fsp3) is 1.00. The molecule has 0 heterocycles. The predicted molar refractivity (Wildman–Crippen MR) is 34.7 cm³/mol. The maximum atomic E-state index is 10.6. The maximum Gasteiger partial charge on any atom is 0.739 e. The molecule has 0 aliphatic heterocycles. The zero-order valence-electron chi connectivity index (χ0n) is 6.20. The third-order valence-electron chi connectivity index (χ3n) is 0.474. The largest absolute Gasteiger partial charge is 0.739 e. The summed E-state index contributed by atoms with van der Waals surface area (Å²) in [6.07, 6.45) is 0. The summed E-state index contributed by atoms with van der Waals surface area (Å²) in [7, 11) is -5.33. The lowest BCUT2D eigenvalue weighted by Crippen LogP contribution is -1.89. The van der Waals surface area contributed by atoms with Gasteiger partial charge < -0.3 is 0 Å². The summed E-state index contributed by atoms with van der Waals surface area (Å²) in [6.45, 7) is 0. The molecule has 0 bridgehead atoms. The van der Waals surface area contributed by atoms with Crippen LogP contribution in [0.1, 0.15) is 0 Å². The van der Waals surface area contributed by atoms with Gasteiger partial charge in [-0.2, -0.15) is 4.89 Å². The van der Waals surface area contributed by atoms with Gasteiger partial charge in [-0.1, -0.05) is 0 Å². The van der Waals surface area contributed by atoms with E-state index in [-0.39, 0.29) is 0 Å². The lowest BCUT2D eigenvalue weighted by Gasteiger charge is -1.98. The molecule has 0 amide bonds. The molecule has 0 aromatic heterocycles. The van der Waals surface area contributed by atoms with E-state index in [1.54, 1.807) is 0 Å². The molecular weight excluding hydrogens is 214 g/mol. The molecular formula is C2H7O8P2+. The Bertz CT molecular complexity index is 189. The normalized spacial score (nSPS) is 17.1. The monoisotopic (exact) mass is 221 g/mol. The molecule has 0 spiro atoms. The van der Waals surface area contributed by atoms with Gasteiger partial charge in [-0.3, -0.25) is 4.89 Å². The average molecular weight is 221 g/mol. The molecule has 0 aromatic carbocycles. The summed E-state index contributed by atoms with van der Waals surface area (Å²) >= 11 is 0. The van der Waals surface area contributed by atoms with E-state index in [2.05, 4.69) is 23.4 Å². The van der Waals surface area contributed by atoms with Crippen molar-refractivity contribution >= 4 is 16.1 Å². The fourth-order valence-electron chi connectivity index (χ4n) is 0.267. The molecule has 0 aliphatic carbocycles. The van der Waals surface area contributed by atoms with Gasteiger partial charge in [-0.05, 0) is 0 Å². The molecule has 2 atom stereocenters. The van der Waals surface area contributed by atoms with E-state index in [4.69, 9.17) is 4.89 Å². The van der Waals surface area contributed by atoms with Gasteiger partial charge in [0.05, 0.1) is 18.9 Å². The van der Waals surface area contributed by atoms with Crippen LogP contribution < -0.4 is 0 Å². The van der Waals surface area contributed by atoms with Crippen molar-refractivity contribution < 1.29 is 37.5 Å². The summed E-state index contributed by atoms with van der Waals surface area (Å²) in [5.41, 5.74) is 0. The Morgan fingerprint density at radius 3 is 2.33 bits per heavy atom. The summed E-state index contributed by atoms with van der Waals surface area (Å²) in [5, 5.41) is 0. The summed E-state index contributed by atoms with van der Waals surface area (Å²) in [4.78, 5) is 16.3. The Labute approximate surface area is 68.8 Å². The van der Waals surface area contributed by atoms with Crippen LogP contribution >= 0.6 is 16.1 Å². The van der Waals surface area contributed by atoms with Crippen LogP contribution in [0.25, 0.3) is 0 Å². The molecule has 12 heavy (non-hydrogen) atoms. The quantitative estimate of drug-likeness (QED) is 0.401. The molecule has 2 unspecified atom stereocenters. The number of rotatable bonds is 6. The standard InChI is InChI=1S/C2H6O8P2/c1-6-8-11(3)10-12(4,5)9-7-2/h1-2H3/p+1. The van der Waals surface area contributed by atoms with Crippen LogP contribution in [0.15, 0.2) is 0 Å². The van der Waals surface area contributed by atoms with E-state index >= 15 is 0 Å². The van der Waals surface area contributed by atoms with Crippen molar-refractivity contribution in [1.82, 2.24) is 0 Å². The second-order valence-corrected chi connectivity index (χ2v) is 3.59. The summed E-state index contributed by atoms with van der Waals surface area (Å²) in [6, 6.07) is 0. The van der Waals surface area contributed by atoms with Gasteiger partial charge in [0.1, 0.15) is 0 Å². The van der Waals surface area contributed by atoms with Crippen molar-refractivity contribution in [2.75, 3.05) is 14.2 Å². The van der Waals surface area contributed by atoms with Crippen LogP contribution in [-0.2, 0) is 32.6 Å². The molecule has 8 nitrogen and oxygen atoms in total. The van der Waals surface area contributed by atoms with Gasteiger partial charge >= 0.3 is 16.1 Å². The van der Waals surface area contributed by atoms with Crippen molar-refractivity contribution in [2.45, 2.75) is 0 Å². The van der Waals surface area contributed by atoms with Gasteiger partial charge in [0.2, 0.25) is 0 Å². The maximum absolute atomic E-state index is 10.6. The zero-order valence-corrected chi connectivity index (χ0v) is 7.99. The third kappa shape index (κ3) is 5.70. The molecule has 1 N–H and O–H groups in total. The molecule has 0 saturated heterocycles. The smallest absolute Gasteiger partial charge is 0.298 e. The Kier molecular flexibility index (Phi) is 5.73. The van der Waals surface area contributed by atoms with Crippen LogP contribution in [0.3, 0.4) is 0 Å². The summed E-state index contributed by atoms with van der Waals surface area (Å²) < 4.78 is 32.4. The SMILES string of the molecule is COO[P+](=O)OP(=O)(O)OOC. The van der Waals surface area contributed by atoms with Crippen molar-refractivity contribution in [3.63, 3.8) is 0 Å². The highest BCUT2D eigenvalue weighted by Gasteiger charge is 2.39. The minimum Gasteiger partial charge on any atom is -0.298 e. The van der Waals surface area contributed by atoms with Gasteiger partial charge in [0, 0.05) is 8.88 Å². The number of hydrogen-bond acceptors (Lipinski definition) is 7. The van der Waals surface area contributed by atoms with E-state index in [1.165, 1.54) is 0 Å². The van der Waals surface area contributed by atoms with E-state index in [1.807, 2.05) is 0 Å². The highest BCUT2D eigenvalue weighted by molar-refractivity contribution is 7.55. The molecule has 0 radical (unpaired) electrons. The van der Waals surface area contributed by atoms with Crippen molar-refractivity contribution in [3.8, 4) is 0 Å². The van der Waals surface area contributed by atoms with Crippen LogP contribution in [0, 0.1) is 0 Å². The lowest BCUT2D eigenvalue weighted by molar-refractivity contribution is -0.199. The first-order valence-corrected chi connectivity index (χ1v) is 5.04. The van der Waals surface area contributed by atoms with Crippen molar-refractivity contribution in [1.29, 1.82) is 0 Å². The highest BCUT2D eigenvalue weighted by atomic mass is 31.2. The molecule has 0 aliphatic rings. The molecule has 0 aromatic rings. The molecule has 0 saturated carbocycles. The van der Waals surface area contributed by atoms with Crippen molar-refractivity contribution in [3.05, 3.63) is 0 Å². The lowest BCUT2D eigenvalue weighted by atomic mass is 11.8. The van der Waals surface area contributed by atoms with Crippen LogP contribution in [0.4, 0.5) is 0 Å². The Balaban J connectivity index is 3.88. The first-order valence-electron chi connectivity index (χ1n) is 2.45. The number of phosphoric acid groups is 1. The highest BCUT2D eigenvalue weighted by Crippen LogP contribution is 2.52.